The lowest BCUT2D eigenvalue weighted by Gasteiger charge is -2.14. The van der Waals surface area contributed by atoms with Gasteiger partial charge in [-0.25, -0.2) is 4.98 Å². The van der Waals surface area contributed by atoms with Gasteiger partial charge in [-0.1, -0.05) is 6.42 Å². The predicted molar refractivity (Wildman–Crippen MR) is 66.0 cm³/mol. The van der Waals surface area contributed by atoms with Crippen LogP contribution in [0.1, 0.15) is 43.8 Å². The molecule has 2 N–H and O–H groups in total. The van der Waals surface area contributed by atoms with E-state index in [4.69, 9.17) is 0 Å². The van der Waals surface area contributed by atoms with E-state index in [1.165, 1.54) is 43.6 Å². The monoisotopic (exact) mass is 238 g/mol. The molecule has 1 atom stereocenters. The minimum Gasteiger partial charge on any atom is -0.356 e. The average molecular weight is 238 g/mol. The summed E-state index contributed by atoms with van der Waals surface area (Å²) < 4.78 is 4.41. The van der Waals surface area contributed by atoms with Crippen molar-refractivity contribution < 1.29 is 0 Å². The van der Waals surface area contributed by atoms with E-state index in [0.29, 0.717) is 12.0 Å². The van der Waals surface area contributed by atoms with Gasteiger partial charge in [0.05, 0.1) is 0 Å². The largest absolute Gasteiger partial charge is 0.356 e. The van der Waals surface area contributed by atoms with E-state index >= 15 is 0 Å². The Kier molecular flexibility index (Phi) is 3.06. The number of nitrogens with zero attached hydrogens (tertiary/aromatic N) is 2. The molecule has 3 rings (SSSR count). The molecule has 0 amide bonds. The predicted octanol–water partition coefficient (Wildman–Crippen LogP) is 1.97. The van der Waals surface area contributed by atoms with Crippen LogP contribution in [-0.4, -0.2) is 28.5 Å². The van der Waals surface area contributed by atoms with Gasteiger partial charge >= 0.3 is 0 Å². The van der Waals surface area contributed by atoms with Gasteiger partial charge in [0.25, 0.3) is 0 Å². The van der Waals surface area contributed by atoms with Crippen LogP contribution in [-0.2, 0) is 0 Å². The summed E-state index contributed by atoms with van der Waals surface area (Å²) >= 11 is 1.52. The van der Waals surface area contributed by atoms with Gasteiger partial charge in [-0.3, -0.25) is 0 Å². The first-order valence-corrected chi connectivity index (χ1v) is 7.00. The van der Waals surface area contributed by atoms with Gasteiger partial charge in [-0.05, 0) is 32.2 Å². The van der Waals surface area contributed by atoms with Crippen molar-refractivity contribution in [3.8, 4) is 0 Å². The van der Waals surface area contributed by atoms with E-state index < -0.39 is 0 Å². The summed E-state index contributed by atoms with van der Waals surface area (Å²) in [5, 5.41) is 7.97. The number of hydrogen-bond donors (Lipinski definition) is 2. The fourth-order valence-corrected chi connectivity index (χ4v) is 2.84. The van der Waals surface area contributed by atoms with Gasteiger partial charge in [0.1, 0.15) is 5.82 Å². The van der Waals surface area contributed by atoms with E-state index in [1.807, 2.05) is 0 Å². The molecule has 1 unspecified atom stereocenters. The van der Waals surface area contributed by atoms with Gasteiger partial charge in [0.2, 0.25) is 5.13 Å². The van der Waals surface area contributed by atoms with Crippen molar-refractivity contribution >= 4 is 16.7 Å². The molecule has 4 nitrogen and oxygen atoms in total. The molecular weight excluding hydrogens is 220 g/mol. The van der Waals surface area contributed by atoms with Crippen LogP contribution >= 0.6 is 11.5 Å². The third-order valence-electron chi connectivity index (χ3n) is 3.26. The summed E-state index contributed by atoms with van der Waals surface area (Å²) in [6.45, 7) is 2.21. The fourth-order valence-electron chi connectivity index (χ4n) is 2.12. The SMILES string of the molecule is C1CCC(Nc2nc(C3CC3)ns2)CNC1. The second-order valence-electron chi connectivity index (χ2n) is 4.77. The molecule has 0 radical (unpaired) electrons. The molecule has 2 fully saturated rings. The lowest BCUT2D eigenvalue weighted by Crippen LogP contribution is -2.30. The lowest BCUT2D eigenvalue weighted by atomic mass is 10.1. The Hall–Kier alpha value is -0.680. The van der Waals surface area contributed by atoms with Crippen molar-refractivity contribution in [1.82, 2.24) is 14.7 Å². The number of hydrogen-bond acceptors (Lipinski definition) is 5. The Morgan fingerprint density at radius 1 is 1.25 bits per heavy atom. The van der Waals surface area contributed by atoms with E-state index in [0.717, 1.165) is 24.0 Å². The van der Waals surface area contributed by atoms with Gasteiger partial charge in [0, 0.05) is 30.0 Å². The van der Waals surface area contributed by atoms with Gasteiger partial charge in [0.15, 0.2) is 0 Å². The molecule has 5 heteroatoms. The molecule has 1 saturated heterocycles. The van der Waals surface area contributed by atoms with Crippen molar-refractivity contribution in [3.05, 3.63) is 5.82 Å². The Balaban J connectivity index is 1.58. The van der Waals surface area contributed by atoms with Crippen LogP contribution in [0.2, 0.25) is 0 Å². The molecule has 1 aliphatic carbocycles. The highest BCUT2D eigenvalue weighted by molar-refractivity contribution is 7.09. The molecule has 88 valence electrons. The van der Waals surface area contributed by atoms with Crippen LogP contribution in [0.25, 0.3) is 0 Å². The Labute approximate surface area is 100 Å². The fraction of sp³-hybridized carbons (Fsp3) is 0.818. The molecule has 0 bridgehead atoms. The van der Waals surface area contributed by atoms with Crippen LogP contribution in [0, 0.1) is 0 Å². The quantitative estimate of drug-likeness (QED) is 0.845. The van der Waals surface area contributed by atoms with Crippen LogP contribution in [0.5, 0.6) is 0 Å². The molecule has 2 aliphatic rings. The first-order valence-electron chi connectivity index (χ1n) is 6.22. The topological polar surface area (TPSA) is 49.8 Å². The van der Waals surface area contributed by atoms with E-state index in [-0.39, 0.29) is 0 Å². The lowest BCUT2D eigenvalue weighted by molar-refractivity contribution is 0.635. The molecule has 0 aromatic carbocycles. The highest BCUT2D eigenvalue weighted by Gasteiger charge is 2.28. The van der Waals surface area contributed by atoms with Crippen molar-refractivity contribution in [1.29, 1.82) is 0 Å². The van der Waals surface area contributed by atoms with Crippen molar-refractivity contribution in [2.75, 3.05) is 18.4 Å². The van der Waals surface area contributed by atoms with Crippen LogP contribution < -0.4 is 10.6 Å². The summed E-state index contributed by atoms with van der Waals surface area (Å²) in [5.74, 6) is 1.73. The second-order valence-corrected chi connectivity index (χ2v) is 5.53. The molecule has 1 saturated carbocycles. The maximum absolute atomic E-state index is 4.57. The third-order valence-corrected chi connectivity index (χ3v) is 3.92. The summed E-state index contributed by atoms with van der Waals surface area (Å²) in [7, 11) is 0. The highest BCUT2D eigenvalue weighted by atomic mass is 32.1. The van der Waals surface area contributed by atoms with Crippen LogP contribution in [0.4, 0.5) is 5.13 Å². The maximum Gasteiger partial charge on any atom is 0.202 e. The number of rotatable bonds is 3. The van der Waals surface area contributed by atoms with Crippen LogP contribution in [0.3, 0.4) is 0 Å². The Morgan fingerprint density at radius 2 is 2.19 bits per heavy atom. The van der Waals surface area contributed by atoms with Crippen molar-refractivity contribution in [2.24, 2.45) is 0 Å². The van der Waals surface area contributed by atoms with Gasteiger partial charge < -0.3 is 10.6 Å². The normalized spacial score (nSPS) is 26.4. The number of aromatic nitrogens is 2. The van der Waals surface area contributed by atoms with E-state index in [9.17, 15) is 0 Å². The molecule has 1 aromatic rings. The molecule has 0 spiro atoms. The van der Waals surface area contributed by atoms with E-state index in [1.54, 1.807) is 0 Å². The first kappa shape index (κ1) is 10.5. The molecule has 16 heavy (non-hydrogen) atoms. The van der Waals surface area contributed by atoms with Crippen molar-refractivity contribution in [2.45, 2.75) is 44.1 Å². The van der Waals surface area contributed by atoms with Gasteiger partial charge in [-0.2, -0.15) is 4.37 Å². The zero-order valence-electron chi connectivity index (χ0n) is 9.41. The number of nitrogens with one attached hydrogen (secondary N) is 2. The Morgan fingerprint density at radius 3 is 3.06 bits per heavy atom. The van der Waals surface area contributed by atoms with Crippen LogP contribution in [0.15, 0.2) is 0 Å². The molecule has 2 heterocycles. The summed E-state index contributed by atoms with van der Waals surface area (Å²) in [4.78, 5) is 4.57. The Bertz CT molecular complexity index is 340. The molecule has 1 aromatic heterocycles. The summed E-state index contributed by atoms with van der Waals surface area (Å²) in [5.41, 5.74) is 0. The second kappa shape index (κ2) is 4.67. The minimum absolute atomic E-state index is 0.530. The zero-order chi connectivity index (χ0) is 10.8. The number of anilines is 1. The minimum atomic E-state index is 0.530. The smallest absolute Gasteiger partial charge is 0.202 e. The zero-order valence-corrected chi connectivity index (χ0v) is 10.2. The maximum atomic E-state index is 4.57. The summed E-state index contributed by atoms with van der Waals surface area (Å²) in [6.07, 6.45) is 6.40. The average Bonchev–Trinajstić information content (AvgIpc) is 3.07. The van der Waals surface area contributed by atoms with Gasteiger partial charge in [-0.15, -0.1) is 0 Å². The first-order chi connectivity index (χ1) is 7.92. The summed E-state index contributed by atoms with van der Waals surface area (Å²) in [6, 6.07) is 0.530. The molecule has 1 aliphatic heterocycles. The standard InChI is InChI=1S/C11H18N4S/c1-2-6-12-7-9(3-1)13-11-14-10(15-16-11)8-4-5-8/h8-9,12H,1-7H2,(H,13,14,15). The molecular formula is C11H18N4S. The van der Waals surface area contributed by atoms with E-state index in [2.05, 4.69) is 20.0 Å². The highest BCUT2D eigenvalue weighted by Crippen LogP contribution is 2.39. The third kappa shape index (κ3) is 2.52. The van der Waals surface area contributed by atoms with Crippen molar-refractivity contribution in [3.63, 3.8) is 0 Å².